The van der Waals surface area contributed by atoms with Gasteiger partial charge in [0.05, 0.1) is 0 Å². The summed E-state index contributed by atoms with van der Waals surface area (Å²) in [5, 5.41) is 1.33. The third kappa shape index (κ3) is 2.40. The number of hydrogen-bond donors (Lipinski definition) is 2. The standard InChI is InChI=1S/C16H23N3/c1-16(2)7-8-19(11-15(16)17)10-12-9-18-14-6-4-3-5-13(12)14/h3-6,9,15,18H,7-8,10-11,17H2,1-2H3. The number of hydrogen-bond acceptors (Lipinski definition) is 2. The SMILES string of the molecule is CC1(C)CCN(Cc2c[nH]c3ccccc23)CC1N. The predicted molar refractivity (Wildman–Crippen MR) is 79.9 cm³/mol. The van der Waals surface area contributed by atoms with Crippen LogP contribution < -0.4 is 5.73 Å². The molecule has 2 heterocycles. The number of aromatic amines is 1. The van der Waals surface area contributed by atoms with Gasteiger partial charge in [0.1, 0.15) is 0 Å². The molecule has 3 N–H and O–H groups in total. The van der Waals surface area contributed by atoms with Crippen LogP contribution in [0.3, 0.4) is 0 Å². The number of rotatable bonds is 2. The molecule has 1 aliphatic heterocycles. The Bertz CT molecular complexity index is 570. The molecule has 102 valence electrons. The minimum atomic E-state index is 0.270. The highest BCUT2D eigenvalue weighted by Crippen LogP contribution is 2.30. The van der Waals surface area contributed by atoms with E-state index in [4.69, 9.17) is 5.73 Å². The van der Waals surface area contributed by atoms with E-state index in [9.17, 15) is 0 Å². The maximum atomic E-state index is 6.30. The lowest BCUT2D eigenvalue weighted by Gasteiger charge is -2.42. The number of nitrogens with zero attached hydrogens (tertiary/aromatic N) is 1. The van der Waals surface area contributed by atoms with Crippen LogP contribution in [0.2, 0.25) is 0 Å². The molecular weight excluding hydrogens is 234 g/mol. The summed E-state index contributed by atoms with van der Waals surface area (Å²) in [7, 11) is 0. The monoisotopic (exact) mass is 257 g/mol. The van der Waals surface area contributed by atoms with Crippen LogP contribution in [0.5, 0.6) is 0 Å². The van der Waals surface area contributed by atoms with Crippen LogP contribution in [0.25, 0.3) is 10.9 Å². The molecule has 1 unspecified atom stereocenters. The first-order valence-electron chi connectivity index (χ1n) is 7.09. The molecule has 0 amide bonds. The van der Waals surface area contributed by atoms with Crippen LogP contribution >= 0.6 is 0 Å². The maximum Gasteiger partial charge on any atom is 0.0457 e. The van der Waals surface area contributed by atoms with Gasteiger partial charge >= 0.3 is 0 Å². The van der Waals surface area contributed by atoms with Crippen molar-refractivity contribution in [3.63, 3.8) is 0 Å². The zero-order chi connectivity index (χ0) is 13.5. The Balaban J connectivity index is 1.76. The molecule has 1 aliphatic rings. The highest BCUT2D eigenvalue weighted by molar-refractivity contribution is 5.82. The smallest absolute Gasteiger partial charge is 0.0457 e. The first-order valence-corrected chi connectivity index (χ1v) is 7.09. The molecule has 0 radical (unpaired) electrons. The molecule has 0 aliphatic carbocycles. The maximum absolute atomic E-state index is 6.30. The lowest BCUT2D eigenvalue weighted by molar-refractivity contribution is 0.101. The van der Waals surface area contributed by atoms with Crippen molar-refractivity contribution in [3.05, 3.63) is 36.0 Å². The zero-order valence-corrected chi connectivity index (χ0v) is 11.8. The molecule has 0 spiro atoms. The fraction of sp³-hybridized carbons (Fsp3) is 0.500. The van der Waals surface area contributed by atoms with E-state index in [2.05, 4.69) is 54.2 Å². The molecular formula is C16H23N3. The van der Waals surface area contributed by atoms with E-state index in [1.54, 1.807) is 0 Å². The van der Waals surface area contributed by atoms with Crippen LogP contribution in [0.1, 0.15) is 25.8 Å². The summed E-state index contributed by atoms with van der Waals surface area (Å²) in [6, 6.07) is 8.76. The van der Waals surface area contributed by atoms with Crippen molar-refractivity contribution < 1.29 is 0 Å². The highest BCUT2D eigenvalue weighted by Gasteiger charge is 2.32. The van der Waals surface area contributed by atoms with E-state index in [1.165, 1.54) is 22.9 Å². The second-order valence-corrected chi connectivity index (χ2v) is 6.44. The summed E-state index contributed by atoms with van der Waals surface area (Å²) >= 11 is 0. The van der Waals surface area contributed by atoms with Crippen molar-refractivity contribution in [1.29, 1.82) is 0 Å². The number of aromatic nitrogens is 1. The van der Waals surface area contributed by atoms with E-state index in [1.807, 2.05) is 0 Å². The number of piperidine rings is 1. The van der Waals surface area contributed by atoms with Crippen molar-refractivity contribution in [2.45, 2.75) is 32.9 Å². The van der Waals surface area contributed by atoms with Gasteiger partial charge in [-0.1, -0.05) is 32.0 Å². The van der Waals surface area contributed by atoms with Crippen molar-refractivity contribution in [3.8, 4) is 0 Å². The minimum Gasteiger partial charge on any atom is -0.361 e. The van der Waals surface area contributed by atoms with E-state index < -0.39 is 0 Å². The summed E-state index contributed by atoms with van der Waals surface area (Å²) in [5.74, 6) is 0. The largest absolute Gasteiger partial charge is 0.361 e. The molecule has 0 bridgehead atoms. The lowest BCUT2D eigenvalue weighted by Crippen LogP contribution is -2.52. The fourth-order valence-corrected chi connectivity index (χ4v) is 2.90. The molecule has 2 aromatic rings. The van der Waals surface area contributed by atoms with Crippen LogP contribution in [-0.4, -0.2) is 29.0 Å². The minimum absolute atomic E-state index is 0.270. The number of para-hydroxylation sites is 1. The first-order chi connectivity index (χ1) is 9.06. The number of fused-ring (bicyclic) bond motifs is 1. The van der Waals surface area contributed by atoms with Crippen LogP contribution in [0.15, 0.2) is 30.5 Å². The fourth-order valence-electron chi connectivity index (χ4n) is 2.90. The van der Waals surface area contributed by atoms with Crippen molar-refractivity contribution in [2.24, 2.45) is 11.1 Å². The molecule has 1 aromatic heterocycles. The molecule has 3 rings (SSSR count). The number of nitrogens with one attached hydrogen (secondary N) is 1. The summed E-state index contributed by atoms with van der Waals surface area (Å²) < 4.78 is 0. The van der Waals surface area contributed by atoms with Gasteiger partial charge in [0.2, 0.25) is 0 Å². The van der Waals surface area contributed by atoms with E-state index in [-0.39, 0.29) is 11.5 Å². The summed E-state index contributed by atoms with van der Waals surface area (Å²) in [6.07, 6.45) is 3.31. The third-order valence-corrected chi connectivity index (χ3v) is 4.60. The molecule has 1 aromatic carbocycles. The second-order valence-electron chi connectivity index (χ2n) is 6.44. The summed E-state index contributed by atoms with van der Waals surface area (Å²) in [5.41, 5.74) is 9.17. The van der Waals surface area contributed by atoms with Crippen LogP contribution in [0, 0.1) is 5.41 Å². The van der Waals surface area contributed by atoms with E-state index >= 15 is 0 Å². The Morgan fingerprint density at radius 2 is 2.16 bits per heavy atom. The number of likely N-dealkylation sites (tertiary alicyclic amines) is 1. The molecule has 1 fully saturated rings. The number of H-pyrrole nitrogens is 1. The van der Waals surface area contributed by atoms with Crippen molar-refractivity contribution >= 4 is 10.9 Å². The normalized spacial score (nSPS) is 23.8. The van der Waals surface area contributed by atoms with Crippen LogP contribution in [-0.2, 0) is 6.54 Å². The van der Waals surface area contributed by atoms with Crippen molar-refractivity contribution in [1.82, 2.24) is 9.88 Å². The van der Waals surface area contributed by atoms with Gasteiger partial charge in [-0.3, -0.25) is 4.90 Å². The Morgan fingerprint density at radius 1 is 1.37 bits per heavy atom. The molecule has 0 saturated carbocycles. The Morgan fingerprint density at radius 3 is 2.95 bits per heavy atom. The van der Waals surface area contributed by atoms with Gasteiger partial charge in [0, 0.05) is 36.2 Å². The summed E-state index contributed by atoms with van der Waals surface area (Å²) in [4.78, 5) is 5.82. The van der Waals surface area contributed by atoms with Gasteiger partial charge in [-0.25, -0.2) is 0 Å². The van der Waals surface area contributed by atoms with Gasteiger partial charge in [-0.05, 0) is 30.0 Å². The first kappa shape index (κ1) is 12.7. The molecule has 19 heavy (non-hydrogen) atoms. The molecule has 1 atom stereocenters. The molecule has 3 nitrogen and oxygen atoms in total. The van der Waals surface area contributed by atoms with Gasteiger partial charge in [-0.15, -0.1) is 0 Å². The van der Waals surface area contributed by atoms with E-state index in [0.29, 0.717) is 0 Å². The highest BCUT2D eigenvalue weighted by atomic mass is 15.2. The Kier molecular flexibility index (Phi) is 3.11. The Labute approximate surface area is 114 Å². The number of benzene rings is 1. The van der Waals surface area contributed by atoms with Gasteiger partial charge in [0.15, 0.2) is 0 Å². The average Bonchev–Trinajstić information content (AvgIpc) is 2.78. The lowest BCUT2D eigenvalue weighted by atomic mass is 9.78. The average molecular weight is 257 g/mol. The van der Waals surface area contributed by atoms with Gasteiger partial charge < -0.3 is 10.7 Å². The Hall–Kier alpha value is -1.32. The topological polar surface area (TPSA) is 45.0 Å². The predicted octanol–water partition coefficient (Wildman–Crippen LogP) is 2.73. The van der Waals surface area contributed by atoms with Gasteiger partial charge in [0.25, 0.3) is 0 Å². The van der Waals surface area contributed by atoms with Crippen molar-refractivity contribution in [2.75, 3.05) is 13.1 Å². The summed E-state index contributed by atoms with van der Waals surface area (Å²) in [6.45, 7) is 7.68. The molecule has 3 heteroatoms. The van der Waals surface area contributed by atoms with E-state index in [0.717, 1.165) is 19.6 Å². The second kappa shape index (κ2) is 4.66. The van der Waals surface area contributed by atoms with Crippen LogP contribution in [0.4, 0.5) is 0 Å². The zero-order valence-electron chi connectivity index (χ0n) is 11.8. The number of nitrogens with two attached hydrogens (primary N) is 1. The third-order valence-electron chi connectivity index (χ3n) is 4.60. The van der Waals surface area contributed by atoms with Gasteiger partial charge in [-0.2, -0.15) is 0 Å². The molecule has 1 saturated heterocycles. The quantitative estimate of drug-likeness (QED) is 0.869.